The van der Waals surface area contributed by atoms with E-state index >= 15 is 0 Å². The largest absolute Gasteiger partial charge is 0.452 e. The number of ether oxygens (including phenoxy) is 1. The molecule has 22 heavy (non-hydrogen) atoms. The van der Waals surface area contributed by atoms with E-state index in [9.17, 15) is 14.0 Å². The molecule has 0 heterocycles. The predicted octanol–water partition coefficient (Wildman–Crippen LogP) is 3.30. The lowest BCUT2D eigenvalue weighted by molar-refractivity contribution is -0.121. The van der Waals surface area contributed by atoms with Gasteiger partial charge in [-0.3, -0.25) is 4.79 Å². The molecule has 0 saturated carbocycles. The van der Waals surface area contributed by atoms with Gasteiger partial charge in [-0.15, -0.1) is 0 Å². The Morgan fingerprint density at radius 3 is 2.41 bits per heavy atom. The molecule has 114 valence electrons. The van der Waals surface area contributed by atoms with Gasteiger partial charge in [-0.05, 0) is 36.4 Å². The first-order chi connectivity index (χ1) is 10.5. The number of amides is 1. The molecule has 2 rings (SSSR count). The number of carbonyl (C=O) groups is 2. The van der Waals surface area contributed by atoms with Crippen LogP contribution < -0.4 is 4.90 Å². The summed E-state index contributed by atoms with van der Waals surface area (Å²) in [6.45, 7) is -0.433. The lowest BCUT2D eigenvalue weighted by atomic mass is 10.2. The highest BCUT2D eigenvalue weighted by molar-refractivity contribution is 6.33. The minimum Gasteiger partial charge on any atom is -0.452 e. The van der Waals surface area contributed by atoms with Crippen LogP contribution in [-0.2, 0) is 9.53 Å². The van der Waals surface area contributed by atoms with E-state index in [4.69, 9.17) is 16.3 Å². The zero-order chi connectivity index (χ0) is 16.1. The van der Waals surface area contributed by atoms with Crippen LogP contribution in [-0.4, -0.2) is 25.5 Å². The van der Waals surface area contributed by atoms with Gasteiger partial charge in [0.05, 0.1) is 10.6 Å². The average molecular weight is 322 g/mol. The van der Waals surface area contributed by atoms with Gasteiger partial charge in [-0.25, -0.2) is 9.18 Å². The van der Waals surface area contributed by atoms with Crippen molar-refractivity contribution in [1.82, 2.24) is 0 Å². The summed E-state index contributed by atoms with van der Waals surface area (Å²) >= 11 is 5.88. The Labute approximate surface area is 132 Å². The number of benzene rings is 2. The molecule has 0 atom stereocenters. The highest BCUT2D eigenvalue weighted by Gasteiger charge is 2.16. The maximum Gasteiger partial charge on any atom is 0.340 e. The first-order valence-corrected chi connectivity index (χ1v) is 6.80. The van der Waals surface area contributed by atoms with E-state index < -0.39 is 24.3 Å². The van der Waals surface area contributed by atoms with Crippen molar-refractivity contribution in [3.63, 3.8) is 0 Å². The highest BCUT2D eigenvalue weighted by atomic mass is 35.5. The fraction of sp³-hybridized carbons (Fsp3) is 0.125. The van der Waals surface area contributed by atoms with Crippen LogP contribution in [0, 0.1) is 5.82 Å². The van der Waals surface area contributed by atoms with E-state index in [-0.39, 0.29) is 10.6 Å². The molecule has 0 aliphatic heterocycles. The van der Waals surface area contributed by atoms with Gasteiger partial charge in [0.15, 0.2) is 6.61 Å². The first-order valence-electron chi connectivity index (χ1n) is 6.43. The molecule has 0 N–H and O–H groups in total. The second kappa shape index (κ2) is 7.04. The maximum absolute atomic E-state index is 12.8. The Morgan fingerprint density at radius 2 is 1.77 bits per heavy atom. The van der Waals surface area contributed by atoms with E-state index in [1.807, 2.05) is 0 Å². The first kappa shape index (κ1) is 16.0. The van der Waals surface area contributed by atoms with Crippen LogP contribution in [0.1, 0.15) is 10.4 Å². The quantitative estimate of drug-likeness (QED) is 0.812. The molecule has 0 spiro atoms. The summed E-state index contributed by atoms with van der Waals surface area (Å²) in [6.07, 6.45) is 0. The number of nitrogens with zero attached hydrogens (tertiary/aromatic N) is 1. The fourth-order valence-corrected chi connectivity index (χ4v) is 1.95. The van der Waals surface area contributed by atoms with Gasteiger partial charge >= 0.3 is 5.97 Å². The van der Waals surface area contributed by atoms with E-state index in [2.05, 4.69) is 0 Å². The van der Waals surface area contributed by atoms with Crippen LogP contribution in [0.15, 0.2) is 48.5 Å². The Hall–Kier alpha value is -2.40. The van der Waals surface area contributed by atoms with Gasteiger partial charge in [-0.2, -0.15) is 0 Å². The van der Waals surface area contributed by atoms with Crippen molar-refractivity contribution >= 4 is 29.2 Å². The fourth-order valence-electron chi connectivity index (χ4n) is 1.74. The zero-order valence-electron chi connectivity index (χ0n) is 11.8. The van der Waals surface area contributed by atoms with Crippen molar-refractivity contribution in [3.05, 3.63) is 64.9 Å². The molecule has 0 aliphatic carbocycles. The summed E-state index contributed by atoms with van der Waals surface area (Å²) in [6, 6.07) is 11.8. The summed E-state index contributed by atoms with van der Waals surface area (Å²) in [5.41, 5.74) is 0.696. The molecule has 6 heteroatoms. The Kier molecular flexibility index (Phi) is 5.12. The number of hydrogen-bond donors (Lipinski definition) is 0. The second-order valence-corrected chi connectivity index (χ2v) is 4.89. The molecule has 0 aliphatic rings. The molecule has 1 amide bonds. The van der Waals surface area contributed by atoms with Crippen molar-refractivity contribution < 1.29 is 18.7 Å². The minimum atomic E-state index is -0.675. The lowest BCUT2D eigenvalue weighted by Crippen LogP contribution is -2.31. The number of likely N-dealkylation sites (N-methyl/N-ethyl adjacent to an activating group) is 1. The number of esters is 1. The van der Waals surface area contributed by atoms with Gasteiger partial charge in [0.1, 0.15) is 5.82 Å². The van der Waals surface area contributed by atoms with Crippen LogP contribution in [0.25, 0.3) is 0 Å². The standard InChI is InChI=1S/C16H13ClFNO3/c1-19(12-8-6-11(18)7-9-12)15(20)10-22-16(21)13-4-2-3-5-14(13)17/h2-9H,10H2,1H3. The number of hydrogen-bond acceptors (Lipinski definition) is 3. The monoisotopic (exact) mass is 321 g/mol. The summed E-state index contributed by atoms with van der Waals surface area (Å²) in [7, 11) is 1.51. The van der Waals surface area contributed by atoms with E-state index in [0.29, 0.717) is 5.69 Å². The third kappa shape index (κ3) is 3.83. The summed E-state index contributed by atoms with van der Waals surface area (Å²) in [4.78, 5) is 25.1. The third-order valence-electron chi connectivity index (χ3n) is 3.01. The summed E-state index contributed by atoms with van der Waals surface area (Å²) in [5, 5.41) is 0.256. The van der Waals surface area contributed by atoms with Crippen molar-refractivity contribution in [2.45, 2.75) is 0 Å². The third-order valence-corrected chi connectivity index (χ3v) is 3.34. The molecule has 2 aromatic rings. The number of carbonyl (C=O) groups excluding carboxylic acids is 2. The maximum atomic E-state index is 12.8. The van der Waals surface area contributed by atoms with Crippen LogP contribution in [0.2, 0.25) is 5.02 Å². The van der Waals surface area contributed by atoms with Gasteiger partial charge in [-0.1, -0.05) is 23.7 Å². The SMILES string of the molecule is CN(C(=O)COC(=O)c1ccccc1Cl)c1ccc(F)cc1. The topological polar surface area (TPSA) is 46.6 Å². The molecule has 0 fully saturated rings. The van der Waals surface area contributed by atoms with Crippen molar-refractivity contribution in [1.29, 1.82) is 0 Å². The van der Waals surface area contributed by atoms with E-state index in [0.717, 1.165) is 0 Å². The predicted molar refractivity (Wildman–Crippen MR) is 81.5 cm³/mol. The second-order valence-electron chi connectivity index (χ2n) is 4.49. The van der Waals surface area contributed by atoms with Crippen LogP contribution in [0.3, 0.4) is 0 Å². The zero-order valence-corrected chi connectivity index (χ0v) is 12.5. The van der Waals surface area contributed by atoms with Crippen LogP contribution >= 0.6 is 11.6 Å². The Balaban J connectivity index is 1.96. The van der Waals surface area contributed by atoms with Crippen LogP contribution in [0.5, 0.6) is 0 Å². The normalized spacial score (nSPS) is 10.1. The molecular formula is C16H13ClFNO3. The highest BCUT2D eigenvalue weighted by Crippen LogP contribution is 2.16. The molecular weight excluding hydrogens is 309 g/mol. The van der Waals surface area contributed by atoms with Crippen molar-refractivity contribution in [2.75, 3.05) is 18.6 Å². The lowest BCUT2D eigenvalue weighted by Gasteiger charge is -2.17. The van der Waals surface area contributed by atoms with E-state index in [1.165, 1.54) is 42.3 Å². The molecule has 4 nitrogen and oxygen atoms in total. The Bertz CT molecular complexity index is 688. The van der Waals surface area contributed by atoms with Gasteiger partial charge in [0.2, 0.25) is 0 Å². The molecule has 0 radical (unpaired) electrons. The van der Waals surface area contributed by atoms with Crippen LogP contribution in [0.4, 0.5) is 10.1 Å². The molecule has 2 aromatic carbocycles. The van der Waals surface area contributed by atoms with Gasteiger partial charge < -0.3 is 9.64 Å². The van der Waals surface area contributed by atoms with Crippen molar-refractivity contribution in [3.8, 4) is 0 Å². The molecule has 0 aromatic heterocycles. The molecule has 0 saturated heterocycles. The van der Waals surface area contributed by atoms with Gasteiger partial charge in [0, 0.05) is 12.7 Å². The summed E-state index contributed by atoms with van der Waals surface area (Å²) in [5.74, 6) is -1.51. The average Bonchev–Trinajstić information content (AvgIpc) is 2.52. The molecule has 0 unspecified atom stereocenters. The molecule has 0 bridgehead atoms. The number of halogens is 2. The minimum absolute atomic E-state index is 0.196. The smallest absolute Gasteiger partial charge is 0.340 e. The summed E-state index contributed by atoms with van der Waals surface area (Å²) < 4.78 is 17.8. The van der Waals surface area contributed by atoms with Gasteiger partial charge in [0.25, 0.3) is 5.91 Å². The van der Waals surface area contributed by atoms with E-state index in [1.54, 1.807) is 18.2 Å². The number of anilines is 1. The Morgan fingerprint density at radius 1 is 1.14 bits per heavy atom. The number of rotatable bonds is 4. The van der Waals surface area contributed by atoms with Crippen molar-refractivity contribution in [2.24, 2.45) is 0 Å².